The lowest BCUT2D eigenvalue weighted by Gasteiger charge is -2.09. The molecule has 2 N–H and O–H groups in total. The second-order valence-corrected chi connectivity index (χ2v) is 5.88. The molecule has 0 saturated carbocycles. The van der Waals surface area contributed by atoms with Crippen molar-refractivity contribution in [1.82, 2.24) is 10.6 Å². The van der Waals surface area contributed by atoms with Gasteiger partial charge in [0.05, 0.1) is 10.3 Å². The van der Waals surface area contributed by atoms with Gasteiger partial charge in [0.25, 0.3) is 0 Å². The monoisotopic (exact) mass is 303 g/mol. The molecule has 16 heavy (non-hydrogen) atoms. The van der Waals surface area contributed by atoms with Crippen LogP contribution < -0.4 is 10.6 Å². The fourth-order valence-corrected chi connectivity index (χ4v) is 2.59. The highest BCUT2D eigenvalue weighted by atomic mass is 79.9. The number of hydrogen-bond acceptors (Lipinski definition) is 2. The number of thiophene rings is 1. The van der Waals surface area contributed by atoms with Gasteiger partial charge in [-0.1, -0.05) is 6.92 Å². The largest absolute Gasteiger partial charge is 0.357 e. The summed E-state index contributed by atoms with van der Waals surface area (Å²) in [5.41, 5.74) is 0. The second kappa shape index (κ2) is 7.68. The van der Waals surface area contributed by atoms with Crippen molar-refractivity contribution in [3.63, 3.8) is 0 Å². The molecule has 90 valence electrons. The van der Waals surface area contributed by atoms with E-state index in [2.05, 4.69) is 57.5 Å². The molecule has 0 aliphatic rings. The van der Waals surface area contributed by atoms with E-state index >= 15 is 0 Å². The first kappa shape index (κ1) is 13.5. The molecule has 0 amide bonds. The summed E-state index contributed by atoms with van der Waals surface area (Å²) in [4.78, 5) is 5.78. The highest BCUT2D eigenvalue weighted by molar-refractivity contribution is 9.11. The predicted octanol–water partition coefficient (Wildman–Crippen LogP) is 2.98. The Hall–Kier alpha value is -0.550. The first-order valence-electron chi connectivity index (χ1n) is 5.52. The van der Waals surface area contributed by atoms with Crippen LogP contribution in [0.15, 0.2) is 20.9 Å². The Morgan fingerprint density at radius 1 is 1.38 bits per heavy atom. The SMILES string of the molecule is CCCNC(=NCc1ccc(Br)s1)NCC. The normalized spacial score (nSPS) is 11.6. The fourth-order valence-electron chi connectivity index (χ4n) is 1.18. The van der Waals surface area contributed by atoms with Gasteiger partial charge in [-0.15, -0.1) is 11.3 Å². The summed E-state index contributed by atoms with van der Waals surface area (Å²) in [7, 11) is 0. The molecule has 1 heterocycles. The lowest BCUT2D eigenvalue weighted by molar-refractivity contribution is 0.786. The standard InChI is InChI=1S/C11H18BrN3S/c1-3-7-14-11(13-4-2)15-8-9-5-6-10(12)16-9/h5-6H,3-4,7-8H2,1-2H3,(H2,13,14,15). The molecule has 1 aromatic heterocycles. The predicted molar refractivity (Wildman–Crippen MR) is 75.1 cm³/mol. The van der Waals surface area contributed by atoms with Crippen LogP contribution in [0, 0.1) is 0 Å². The van der Waals surface area contributed by atoms with E-state index in [0.29, 0.717) is 0 Å². The summed E-state index contributed by atoms with van der Waals surface area (Å²) in [6.07, 6.45) is 1.11. The maximum Gasteiger partial charge on any atom is 0.191 e. The van der Waals surface area contributed by atoms with Crippen molar-refractivity contribution in [3.8, 4) is 0 Å². The highest BCUT2D eigenvalue weighted by Gasteiger charge is 1.98. The third-order valence-corrected chi connectivity index (χ3v) is 3.52. The molecule has 3 nitrogen and oxygen atoms in total. The van der Waals surface area contributed by atoms with E-state index in [0.717, 1.165) is 35.8 Å². The van der Waals surface area contributed by atoms with Crippen molar-refractivity contribution in [2.45, 2.75) is 26.8 Å². The molecule has 0 fully saturated rings. The Morgan fingerprint density at radius 3 is 2.75 bits per heavy atom. The van der Waals surface area contributed by atoms with Crippen molar-refractivity contribution in [2.24, 2.45) is 4.99 Å². The van der Waals surface area contributed by atoms with Crippen molar-refractivity contribution in [1.29, 1.82) is 0 Å². The maximum atomic E-state index is 4.52. The minimum atomic E-state index is 0.731. The number of nitrogens with zero attached hydrogens (tertiary/aromatic N) is 1. The van der Waals surface area contributed by atoms with E-state index in [1.54, 1.807) is 11.3 Å². The average Bonchev–Trinajstić information content (AvgIpc) is 2.68. The van der Waals surface area contributed by atoms with Gasteiger partial charge >= 0.3 is 0 Å². The molecular formula is C11H18BrN3S. The van der Waals surface area contributed by atoms with Crippen LogP contribution in [-0.4, -0.2) is 19.0 Å². The molecule has 0 atom stereocenters. The Bertz CT molecular complexity index is 336. The molecule has 0 aliphatic heterocycles. The second-order valence-electron chi connectivity index (χ2n) is 3.33. The van der Waals surface area contributed by atoms with Crippen LogP contribution in [0.5, 0.6) is 0 Å². The Labute approximate surface area is 109 Å². The van der Waals surface area contributed by atoms with Gasteiger partial charge in [-0.3, -0.25) is 0 Å². The number of halogens is 1. The molecule has 1 aromatic rings. The Kier molecular flexibility index (Phi) is 6.49. The molecule has 0 unspecified atom stereocenters. The van der Waals surface area contributed by atoms with Crippen LogP contribution in [0.3, 0.4) is 0 Å². The summed E-state index contributed by atoms with van der Waals surface area (Å²) in [6.45, 7) is 6.80. The first-order chi connectivity index (χ1) is 7.76. The lowest BCUT2D eigenvalue weighted by Crippen LogP contribution is -2.37. The van der Waals surface area contributed by atoms with Gasteiger partial charge in [0.1, 0.15) is 0 Å². The highest BCUT2D eigenvalue weighted by Crippen LogP contribution is 2.22. The Balaban J connectivity index is 2.49. The zero-order valence-corrected chi connectivity index (χ0v) is 12.1. The minimum absolute atomic E-state index is 0.731. The molecule has 0 bridgehead atoms. The van der Waals surface area contributed by atoms with Crippen molar-refractivity contribution in [2.75, 3.05) is 13.1 Å². The van der Waals surface area contributed by atoms with Crippen molar-refractivity contribution >= 4 is 33.2 Å². The number of nitrogens with one attached hydrogen (secondary N) is 2. The summed E-state index contributed by atoms with van der Waals surface area (Å²) >= 11 is 5.18. The van der Waals surface area contributed by atoms with Crippen molar-refractivity contribution in [3.05, 3.63) is 20.8 Å². The van der Waals surface area contributed by atoms with E-state index in [1.165, 1.54) is 4.88 Å². The molecule has 1 rings (SSSR count). The third kappa shape index (κ3) is 4.99. The smallest absolute Gasteiger partial charge is 0.191 e. The molecular weight excluding hydrogens is 286 g/mol. The van der Waals surface area contributed by atoms with Crippen LogP contribution in [-0.2, 0) is 6.54 Å². The summed E-state index contributed by atoms with van der Waals surface area (Å²) < 4.78 is 1.16. The number of rotatable bonds is 5. The van der Waals surface area contributed by atoms with Gasteiger partial charge < -0.3 is 10.6 Å². The van der Waals surface area contributed by atoms with Gasteiger partial charge in [0.15, 0.2) is 5.96 Å². The van der Waals surface area contributed by atoms with E-state index in [1.807, 2.05) is 0 Å². The maximum absolute atomic E-state index is 4.52. The molecule has 0 saturated heterocycles. The van der Waals surface area contributed by atoms with Crippen LogP contribution >= 0.6 is 27.3 Å². The lowest BCUT2D eigenvalue weighted by atomic mass is 10.5. The van der Waals surface area contributed by atoms with Gasteiger partial charge in [0.2, 0.25) is 0 Å². The number of hydrogen-bond donors (Lipinski definition) is 2. The fraction of sp³-hybridized carbons (Fsp3) is 0.545. The van der Waals surface area contributed by atoms with Crippen LogP contribution in [0.4, 0.5) is 0 Å². The number of guanidine groups is 1. The van der Waals surface area contributed by atoms with Crippen LogP contribution in [0.2, 0.25) is 0 Å². The first-order valence-corrected chi connectivity index (χ1v) is 7.13. The van der Waals surface area contributed by atoms with E-state index in [4.69, 9.17) is 0 Å². The molecule has 5 heteroatoms. The van der Waals surface area contributed by atoms with Crippen molar-refractivity contribution < 1.29 is 0 Å². The van der Waals surface area contributed by atoms with Crippen LogP contribution in [0.25, 0.3) is 0 Å². The van der Waals surface area contributed by atoms with Gasteiger partial charge in [0, 0.05) is 18.0 Å². The van der Waals surface area contributed by atoms with E-state index in [9.17, 15) is 0 Å². The van der Waals surface area contributed by atoms with Gasteiger partial charge in [-0.2, -0.15) is 0 Å². The number of aliphatic imine (C=N–C) groups is 1. The van der Waals surface area contributed by atoms with Gasteiger partial charge in [-0.25, -0.2) is 4.99 Å². The Morgan fingerprint density at radius 2 is 2.19 bits per heavy atom. The van der Waals surface area contributed by atoms with E-state index < -0.39 is 0 Å². The van der Waals surface area contributed by atoms with Crippen LogP contribution in [0.1, 0.15) is 25.1 Å². The minimum Gasteiger partial charge on any atom is -0.357 e. The van der Waals surface area contributed by atoms with Gasteiger partial charge in [-0.05, 0) is 41.4 Å². The third-order valence-electron chi connectivity index (χ3n) is 1.91. The summed E-state index contributed by atoms with van der Waals surface area (Å²) in [6, 6.07) is 4.16. The quantitative estimate of drug-likeness (QED) is 0.648. The summed E-state index contributed by atoms with van der Waals surface area (Å²) in [5.74, 6) is 0.897. The zero-order valence-electron chi connectivity index (χ0n) is 9.72. The topological polar surface area (TPSA) is 36.4 Å². The van der Waals surface area contributed by atoms with E-state index in [-0.39, 0.29) is 0 Å². The average molecular weight is 304 g/mol. The molecule has 0 aliphatic carbocycles. The summed E-state index contributed by atoms with van der Waals surface area (Å²) in [5, 5.41) is 6.51. The molecule has 0 spiro atoms. The molecule has 0 aromatic carbocycles. The zero-order chi connectivity index (χ0) is 11.8. The molecule has 0 radical (unpaired) electrons.